The summed E-state index contributed by atoms with van der Waals surface area (Å²) in [5, 5.41) is 10.8. The van der Waals surface area contributed by atoms with Crippen molar-refractivity contribution in [3.63, 3.8) is 0 Å². The largest absolute Gasteiger partial charge is 0.349 e. The number of rotatable bonds is 6. The van der Waals surface area contributed by atoms with Crippen molar-refractivity contribution in [2.75, 3.05) is 4.90 Å². The van der Waals surface area contributed by atoms with Crippen molar-refractivity contribution in [2.24, 2.45) is 0 Å². The van der Waals surface area contributed by atoms with Crippen molar-refractivity contribution in [1.82, 2.24) is 9.97 Å². The molecule has 0 radical (unpaired) electrons. The van der Waals surface area contributed by atoms with Crippen LogP contribution in [0.25, 0.3) is 0 Å². The SMILES string of the molecule is CCc1cc(N(Cc2ccc([N+](=O)[O-])cc2)C2CC2)nc(C)n1. The molecule has 1 aromatic heterocycles. The smallest absolute Gasteiger partial charge is 0.269 e. The zero-order valence-electron chi connectivity index (χ0n) is 13.4. The number of anilines is 1. The highest BCUT2D eigenvalue weighted by atomic mass is 16.6. The molecule has 1 heterocycles. The van der Waals surface area contributed by atoms with E-state index in [1.54, 1.807) is 12.1 Å². The third-order valence-corrected chi connectivity index (χ3v) is 4.02. The van der Waals surface area contributed by atoms with E-state index in [0.717, 1.165) is 42.2 Å². The number of aryl methyl sites for hydroxylation is 2. The van der Waals surface area contributed by atoms with E-state index < -0.39 is 0 Å². The fourth-order valence-corrected chi connectivity index (χ4v) is 2.64. The second kappa shape index (κ2) is 6.32. The molecule has 1 aromatic carbocycles. The molecule has 0 spiro atoms. The molecule has 2 aromatic rings. The Morgan fingerprint density at radius 2 is 1.96 bits per heavy atom. The first-order valence-electron chi connectivity index (χ1n) is 7.91. The predicted molar refractivity (Wildman–Crippen MR) is 88.4 cm³/mol. The van der Waals surface area contributed by atoms with Crippen LogP contribution in [0.2, 0.25) is 0 Å². The van der Waals surface area contributed by atoms with E-state index >= 15 is 0 Å². The zero-order chi connectivity index (χ0) is 16.4. The summed E-state index contributed by atoms with van der Waals surface area (Å²) in [5.41, 5.74) is 2.22. The summed E-state index contributed by atoms with van der Waals surface area (Å²) in [6.07, 6.45) is 3.21. The van der Waals surface area contributed by atoms with Crippen LogP contribution in [0.4, 0.5) is 11.5 Å². The fourth-order valence-electron chi connectivity index (χ4n) is 2.64. The Labute approximate surface area is 135 Å². The number of hydrogen-bond acceptors (Lipinski definition) is 5. The molecule has 0 bridgehead atoms. The van der Waals surface area contributed by atoms with E-state index in [2.05, 4.69) is 27.9 Å². The molecule has 0 unspecified atom stereocenters. The van der Waals surface area contributed by atoms with E-state index in [0.29, 0.717) is 12.6 Å². The highest BCUT2D eigenvalue weighted by molar-refractivity contribution is 5.44. The zero-order valence-corrected chi connectivity index (χ0v) is 13.4. The first-order chi connectivity index (χ1) is 11.1. The normalized spacial score (nSPS) is 13.8. The van der Waals surface area contributed by atoms with Gasteiger partial charge in [0.1, 0.15) is 11.6 Å². The van der Waals surface area contributed by atoms with Crippen LogP contribution >= 0.6 is 0 Å². The van der Waals surface area contributed by atoms with Gasteiger partial charge in [0.2, 0.25) is 0 Å². The lowest BCUT2D eigenvalue weighted by Crippen LogP contribution is -2.26. The Balaban J connectivity index is 1.85. The van der Waals surface area contributed by atoms with E-state index in [-0.39, 0.29) is 10.6 Å². The van der Waals surface area contributed by atoms with E-state index in [4.69, 9.17) is 0 Å². The van der Waals surface area contributed by atoms with Gasteiger partial charge in [-0.05, 0) is 31.7 Å². The van der Waals surface area contributed by atoms with Crippen LogP contribution in [-0.4, -0.2) is 20.9 Å². The minimum absolute atomic E-state index is 0.123. The highest BCUT2D eigenvalue weighted by Gasteiger charge is 2.30. The Morgan fingerprint density at radius 1 is 1.26 bits per heavy atom. The van der Waals surface area contributed by atoms with Gasteiger partial charge in [-0.25, -0.2) is 9.97 Å². The first kappa shape index (κ1) is 15.4. The second-order valence-electron chi connectivity index (χ2n) is 5.90. The molecular formula is C17H20N4O2. The molecular weight excluding hydrogens is 292 g/mol. The van der Waals surface area contributed by atoms with Crippen LogP contribution in [0.15, 0.2) is 30.3 Å². The summed E-state index contributed by atoms with van der Waals surface area (Å²) in [6.45, 7) is 4.71. The van der Waals surface area contributed by atoms with Crippen molar-refractivity contribution in [3.8, 4) is 0 Å². The lowest BCUT2D eigenvalue weighted by atomic mass is 10.2. The van der Waals surface area contributed by atoms with Crippen LogP contribution < -0.4 is 4.90 Å². The van der Waals surface area contributed by atoms with Crippen LogP contribution in [0.1, 0.15) is 36.8 Å². The molecule has 1 saturated carbocycles. The average Bonchev–Trinajstić information content (AvgIpc) is 3.37. The number of aromatic nitrogens is 2. The second-order valence-corrected chi connectivity index (χ2v) is 5.90. The lowest BCUT2D eigenvalue weighted by molar-refractivity contribution is -0.384. The molecule has 0 N–H and O–H groups in total. The summed E-state index contributed by atoms with van der Waals surface area (Å²) in [4.78, 5) is 21.7. The van der Waals surface area contributed by atoms with Gasteiger partial charge < -0.3 is 4.90 Å². The van der Waals surface area contributed by atoms with Crippen LogP contribution in [-0.2, 0) is 13.0 Å². The third-order valence-electron chi connectivity index (χ3n) is 4.02. The van der Waals surface area contributed by atoms with Gasteiger partial charge in [0.15, 0.2) is 0 Å². The molecule has 23 heavy (non-hydrogen) atoms. The molecule has 6 heteroatoms. The molecule has 0 amide bonds. The van der Waals surface area contributed by atoms with E-state index in [1.807, 2.05) is 19.1 Å². The van der Waals surface area contributed by atoms with Gasteiger partial charge in [0.25, 0.3) is 5.69 Å². The number of non-ortho nitro benzene ring substituents is 1. The summed E-state index contributed by atoms with van der Waals surface area (Å²) in [7, 11) is 0. The van der Waals surface area contributed by atoms with Gasteiger partial charge in [-0.3, -0.25) is 10.1 Å². The molecule has 3 rings (SSSR count). The molecule has 0 saturated heterocycles. The first-order valence-corrected chi connectivity index (χ1v) is 7.91. The Bertz CT molecular complexity index is 711. The monoisotopic (exact) mass is 312 g/mol. The van der Waals surface area contributed by atoms with Crippen molar-refractivity contribution in [3.05, 3.63) is 57.5 Å². The summed E-state index contributed by atoms with van der Waals surface area (Å²) in [5.74, 6) is 1.74. The Kier molecular flexibility index (Phi) is 4.23. The maximum Gasteiger partial charge on any atom is 0.269 e. The molecule has 120 valence electrons. The van der Waals surface area contributed by atoms with E-state index in [1.165, 1.54) is 0 Å². The van der Waals surface area contributed by atoms with Gasteiger partial charge in [0.05, 0.1) is 4.92 Å². The summed E-state index contributed by atoms with van der Waals surface area (Å²) in [6, 6.07) is 9.32. The van der Waals surface area contributed by atoms with Crippen LogP contribution in [0.3, 0.4) is 0 Å². The fraction of sp³-hybridized carbons (Fsp3) is 0.412. The predicted octanol–water partition coefficient (Wildman–Crippen LogP) is 3.42. The standard InChI is InChI=1S/C17H20N4O2/c1-3-14-10-17(19-12(2)18-14)20(15-8-9-15)11-13-4-6-16(7-5-13)21(22)23/h4-7,10,15H,3,8-9,11H2,1-2H3. The Morgan fingerprint density at radius 3 is 2.52 bits per heavy atom. The number of benzene rings is 1. The van der Waals surface area contributed by atoms with Crippen molar-refractivity contribution in [1.29, 1.82) is 0 Å². The van der Waals surface area contributed by atoms with Crippen LogP contribution in [0, 0.1) is 17.0 Å². The topological polar surface area (TPSA) is 72.2 Å². The molecule has 1 aliphatic rings. The van der Waals surface area contributed by atoms with Crippen molar-refractivity contribution in [2.45, 2.75) is 45.7 Å². The molecule has 6 nitrogen and oxygen atoms in total. The Hall–Kier alpha value is -2.50. The number of nitro groups is 1. The molecule has 0 atom stereocenters. The van der Waals surface area contributed by atoms with Gasteiger partial charge in [0, 0.05) is 36.5 Å². The van der Waals surface area contributed by atoms with E-state index in [9.17, 15) is 10.1 Å². The van der Waals surface area contributed by atoms with Crippen molar-refractivity contribution < 1.29 is 4.92 Å². The average molecular weight is 312 g/mol. The number of nitrogens with zero attached hydrogens (tertiary/aromatic N) is 4. The maximum absolute atomic E-state index is 10.8. The van der Waals surface area contributed by atoms with Gasteiger partial charge >= 0.3 is 0 Å². The third kappa shape index (κ3) is 3.64. The highest BCUT2D eigenvalue weighted by Crippen LogP contribution is 2.32. The number of nitro benzene ring substituents is 1. The lowest BCUT2D eigenvalue weighted by Gasteiger charge is -2.24. The number of hydrogen-bond donors (Lipinski definition) is 0. The van der Waals surface area contributed by atoms with Gasteiger partial charge in [-0.1, -0.05) is 19.1 Å². The van der Waals surface area contributed by atoms with Gasteiger partial charge in [-0.15, -0.1) is 0 Å². The maximum atomic E-state index is 10.8. The quantitative estimate of drug-likeness (QED) is 0.603. The van der Waals surface area contributed by atoms with Crippen molar-refractivity contribution >= 4 is 11.5 Å². The molecule has 0 aliphatic heterocycles. The molecule has 1 fully saturated rings. The minimum atomic E-state index is -0.371. The van der Waals surface area contributed by atoms with Gasteiger partial charge in [-0.2, -0.15) is 0 Å². The summed E-state index contributed by atoms with van der Waals surface area (Å²) >= 11 is 0. The van der Waals surface area contributed by atoms with Crippen LogP contribution in [0.5, 0.6) is 0 Å². The summed E-state index contributed by atoms with van der Waals surface area (Å²) < 4.78 is 0. The minimum Gasteiger partial charge on any atom is -0.349 e. The molecule has 1 aliphatic carbocycles.